The smallest absolute Gasteiger partial charge is 0.248 e. The predicted molar refractivity (Wildman–Crippen MR) is 154 cm³/mol. The fraction of sp³-hybridized carbons (Fsp3) is 0.290. The summed E-state index contributed by atoms with van der Waals surface area (Å²) in [5.41, 5.74) is 5.05. The van der Waals surface area contributed by atoms with Crippen LogP contribution in [0.4, 0.5) is 10.1 Å². The molecule has 41 heavy (non-hydrogen) atoms. The summed E-state index contributed by atoms with van der Waals surface area (Å²) in [4.78, 5) is 39.8. The van der Waals surface area contributed by atoms with E-state index in [1.165, 1.54) is 24.3 Å². The van der Waals surface area contributed by atoms with Gasteiger partial charge in [-0.05, 0) is 67.3 Å². The molecule has 2 aliphatic heterocycles. The second-order valence-electron chi connectivity index (χ2n) is 11.2. The number of nitrogens with zero attached hydrogens (tertiary/aromatic N) is 1. The Kier molecular flexibility index (Phi) is 7.41. The minimum absolute atomic E-state index is 0.0606. The molecule has 4 atom stereocenters. The average Bonchev–Trinajstić information content (AvgIpc) is 3.40. The number of nitrogens with one attached hydrogen (secondary N) is 2. The van der Waals surface area contributed by atoms with Gasteiger partial charge >= 0.3 is 0 Å². The fourth-order valence-electron chi connectivity index (χ4n) is 6.25. The Hall–Kier alpha value is -3.77. The molecule has 0 radical (unpaired) electrons. The van der Waals surface area contributed by atoms with E-state index in [-0.39, 0.29) is 29.2 Å². The summed E-state index contributed by atoms with van der Waals surface area (Å²) in [7, 11) is 0. The zero-order chi connectivity index (χ0) is 29.7. The zero-order valence-corrected chi connectivity index (χ0v) is 23.8. The third-order valence-corrected chi connectivity index (χ3v) is 8.63. The third kappa shape index (κ3) is 4.88. The van der Waals surface area contributed by atoms with E-state index in [1.807, 2.05) is 0 Å². The molecule has 7 nitrogen and oxygen atoms in total. The zero-order valence-electron chi connectivity index (χ0n) is 22.3. The van der Waals surface area contributed by atoms with E-state index in [1.54, 1.807) is 50.2 Å². The summed E-state index contributed by atoms with van der Waals surface area (Å²) in [6.07, 6.45) is 0.129. The van der Waals surface area contributed by atoms with Crippen LogP contribution in [0.25, 0.3) is 0 Å². The molecule has 0 unspecified atom stereocenters. The normalized spacial score (nSPS) is 23.2. The molecule has 2 heterocycles. The quantitative estimate of drug-likeness (QED) is 0.343. The van der Waals surface area contributed by atoms with Crippen LogP contribution in [-0.2, 0) is 21.4 Å². The maximum Gasteiger partial charge on any atom is 0.248 e. The van der Waals surface area contributed by atoms with Gasteiger partial charge in [-0.25, -0.2) is 4.39 Å². The number of primary amides is 1. The summed E-state index contributed by atoms with van der Waals surface area (Å²) >= 11 is 12.5. The molecule has 210 valence electrons. The summed E-state index contributed by atoms with van der Waals surface area (Å²) in [6.45, 7) is 3.50. The highest BCUT2D eigenvalue weighted by Crippen LogP contribution is 2.57. The predicted octanol–water partition coefficient (Wildman–Crippen LogP) is 5.30. The van der Waals surface area contributed by atoms with Crippen LogP contribution < -0.4 is 16.4 Å². The van der Waals surface area contributed by atoms with Crippen LogP contribution in [0.3, 0.4) is 0 Å². The second kappa shape index (κ2) is 10.6. The first kappa shape index (κ1) is 28.7. The van der Waals surface area contributed by atoms with Crippen LogP contribution in [-0.4, -0.2) is 29.7 Å². The van der Waals surface area contributed by atoms with E-state index < -0.39 is 46.5 Å². The van der Waals surface area contributed by atoms with Crippen LogP contribution in [0, 0.1) is 22.6 Å². The van der Waals surface area contributed by atoms with Gasteiger partial charge in [-0.2, -0.15) is 5.26 Å². The van der Waals surface area contributed by atoms with Gasteiger partial charge < -0.3 is 16.4 Å². The third-order valence-electron chi connectivity index (χ3n) is 8.10. The average molecular weight is 593 g/mol. The molecule has 5 rings (SSSR count). The van der Waals surface area contributed by atoms with E-state index in [2.05, 4.69) is 16.7 Å². The van der Waals surface area contributed by atoms with Gasteiger partial charge in [0.05, 0.1) is 22.5 Å². The summed E-state index contributed by atoms with van der Waals surface area (Å²) in [5.74, 6) is -3.05. The number of amides is 2. The molecule has 0 saturated carbocycles. The van der Waals surface area contributed by atoms with Crippen LogP contribution in [0.2, 0.25) is 10.0 Å². The molecule has 0 bridgehead atoms. The largest absolute Gasteiger partial charge is 0.366 e. The van der Waals surface area contributed by atoms with E-state index in [0.29, 0.717) is 27.4 Å². The van der Waals surface area contributed by atoms with Gasteiger partial charge in [0.1, 0.15) is 11.2 Å². The Morgan fingerprint density at radius 1 is 1.12 bits per heavy atom. The number of hydrogen-bond donors (Lipinski definition) is 3. The van der Waals surface area contributed by atoms with Crippen molar-refractivity contribution in [2.45, 2.75) is 50.1 Å². The molecule has 1 saturated heterocycles. The fourth-order valence-corrected chi connectivity index (χ4v) is 6.60. The van der Waals surface area contributed by atoms with Crippen molar-refractivity contribution in [2.75, 3.05) is 5.32 Å². The van der Waals surface area contributed by atoms with Crippen molar-refractivity contribution in [3.05, 3.63) is 98.8 Å². The number of carbonyl (C=O) groups excluding carboxylic acids is 3. The number of anilines is 1. The first-order chi connectivity index (χ1) is 19.4. The van der Waals surface area contributed by atoms with Gasteiger partial charge in [-0.1, -0.05) is 53.5 Å². The number of hydrogen-bond acceptors (Lipinski definition) is 5. The van der Waals surface area contributed by atoms with E-state index in [0.717, 1.165) is 0 Å². The van der Waals surface area contributed by atoms with Crippen molar-refractivity contribution in [2.24, 2.45) is 11.1 Å². The van der Waals surface area contributed by atoms with Crippen molar-refractivity contribution in [3.8, 4) is 6.07 Å². The molecule has 2 amide bonds. The molecule has 4 N–H and O–H groups in total. The van der Waals surface area contributed by atoms with E-state index in [9.17, 15) is 19.6 Å². The molecule has 0 aromatic heterocycles. The molecule has 0 aliphatic carbocycles. The van der Waals surface area contributed by atoms with E-state index in [4.69, 9.17) is 28.9 Å². The molecular weight excluding hydrogens is 566 g/mol. The molecule has 3 aromatic carbocycles. The van der Waals surface area contributed by atoms with E-state index >= 15 is 4.39 Å². The number of nitrogens with two attached hydrogens (primary N) is 1. The number of ketones is 1. The van der Waals surface area contributed by atoms with Gasteiger partial charge in [-0.3, -0.25) is 14.4 Å². The van der Waals surface area contributed by atoms with Crippen molar-refractivity contribution in [1.29, 1.82) is 5.26 Å². The first-order valence-corrected chi connectivity index (χ1v) is 13.8. The highest BCUT2D eigenvalue weighted by atomic mass is 35.5. The number of fused-ring (bicyclic) bond motifs is 2. The first-order valence-electron chi connectivity index (χ1n) is 13.0. The minimum Gasteiger partial charge on any atom is -0.366 e. The molecule has 2 aliphatic rings. The lowest BCUT2D eigenvalue weighted by molar-refractivity contribution is -0.122. The lowest BCUT2D eigenvalue weighted by Crippen LogP contribution is -2.50. The molecule has 10 heteroatoms. The van der Waals surface area contributed by atoms with Crippen LogP contribution >= 0.6 is 23.2 Å². The maximum absolute atomic E-state index is 15.9. The lowest BCUT2D eigenvalue weighted by atomic mass is 9.62. The number of Topliss-reactive ketones (excluding diaryl/α,β-unsaturated/α-hetero) is 1. The van der Waals surface area contributed by atoms with Gasteiger partial charge in [0.15, 0.2) is 5.78 Å². The van der Waals surface area contributed by atoms with Crippen LogP contribution in [0.1, 0.15) is 53.2 Å². The standard InChI is InChI=1S/C31H27Cl2FN4O3/c1-30(2,15-35)14-24-31(20-11-10-18(32)13-22(20)37-29(31)41)25(19-4-3-5-21(33)26(19)34)27(38-24)23(39)12-16-6-8-17(9-7-16)28(36)40/h3-11,13,24-25,27,38H,12,14H2,1-2H3,(H2,36,40)(H,37,41)/t24-,25-,27-,31+/m0/s1. The Labute approximate surface area is 246 Å². The minimum atomic E-state index is -1.46. The van der Waals surface area contributed by atoms with Gasteiger partial charge in [0.25, 0.3) is 0 Å². The number of carbonyl (C=O) groups is 3. The topological polar surface area (TPSA) is 125 Å². The van der Waals surface area contributed by atoms with Crippen molar-refractivity contribution in [3.63, 3.8) is 0 Å². The summed E-state index contributed by atoms with van der Waals surface area (Å²) in [6, 6.07) is 16.4. The van der Waals surface area contributed by atoms with Crippen LogP contribution in [0.5, 0.6) is 0 Å². The Balaban J connectivity index is 1.70. The maximum atomic E-state index is 15.9. The van der Waals surface area contributed by atoms with Crippen molar-refractivity contribution in [1.82, 2.24) is 5.32 Å². The molecule has 1 fully saturated rings. The molecule has 3 aromatic rings. The number of benzene rings is 3. The van der Waals surface area contributed by atoms with Crippen molar-refractivity contribution < 1.29 is 18.8 Å². The highest BCUT2D eigenvalue weighted by molar-refractivity contribution is 6.31. The summed E-state index contributed by atoms with van der Waals surface area (Å²) < 4.78 is 15.9. The van der Waals surface area contributed by atoms with Gasteiger partial charge in [-0.15, -0.1) is 0 Å². The molecule has 1 spiro atoms. The van der Waals surface area contributed by atoms with Crippen LogP contribution in [0.15, 0.2) is 60.7 Å². The Morgan fingerprint density at radius 2 is 1.83 bits per heavy atom. The van der Waals surface area contributed by atoms with Gasteiger partial charge in [0.2, 0.25) is 11.8 Å². The molecular formula is C31H27Cl2FN4O3. The number of rotatable bonds is 7. The SMILES string of the molecule is CC(C)(C#N)C[C@@H]1N[C@@H](C(=O)Cc2ccc(C(N)=O)cc2)[C@H](c2cccc(Cl)c2F)[C@]12C(=O)Nc1cc(Cl)ccc12. The number of nitriles is 1. The van der Waals surface area contributed by atoms with Gasteiger partial charge in [0, 0.05) is 34.7 Å². The van der Waals surface area contributed by atoms with Crippen molar-refractivity contribution >= 4 is 46.5 Å². The number of halogens is 3. The Bertz CT molecular complexity index is 1620. The second-order valence-corrected chi connectivity index (χ2v) is 12.1. The highest BCUT2D eigenvalue weighted by Gasteiger charge is 2.66. The summed E-state index contributed by atoms with van der Waals surface area (Å²) in [5, 5.41) is 16.4. The lowest BCUT2D eigenvalue weighted by Gasteiger charge is -2.37. The Morgan fingerprint density at radius 3 is 2.49 bits per heavy atom. The monoisotopic (exact) mass is 592 g/mol.